The average Bonchev–Trinajstić information content (AvgIpc) is 2.32. The summed E-state index contributed by atoms with van der Waals surface area (Å²) in [6, 6.07) is 0. The lowest BCUT2D eigenvalue weighted by Crippen LogP contribution is -2.51. The molecule has 0 spiro atoms. The van der Waals surface area contributed by atoms with Gasteiger partial charge in [-0.2, -0.15) is 13.2 Å². The van der Waals surface area contributed by atoms with E-state index < -0.39 is 40.5 Å². The van der Waals surface area contributed by atoms with Crippen molar-refractivity contribution in [3.05, 3.63) is 34.9 Å². The van der Waals surface area contributed by atoms with Crippen molar-refractivity contribution in [3.8, 4) is 0 Å². The Morgan fingerprint density at radius 1 is 1.32 bits per heavy atom. The van der Waals surface area contributed by atoms with E-state index in [1.807, 2.05) is 0 Å². The molecule has 0 fully saturated rings. The largest absolute Gasteiger partial charge is 0.419 e. The first-order valence-corrected chi connectivity index (χ1v) is 6.72. The summed E-state index contributed by atoms with van der Waals surface area (Å²) in [4.78, 5) is 22.2. The van der Waals surface area contributed by atoms with Crippen molar-refractivity contribution in [2.45, 2.75) is 45.9 Å². The number of hydrogen-bond acceptors (Lipinski definition) is 3. The molecule has 1 N–H and O–H groups in total. The molecule has 1 aliphatic rings. The Hall–Kier alpha value is -1.69. The number of carbonyl (C=O) groups is 2. The van der Waals surface area contributed by atoms with Crippen LogP contribution in [0.3, 0.4) is 0 Å². The Balaban J connectivity index is 3.52. The molecule has 3 nitrogen and oxygen atoms in total. The predicted octanol–water partition coefficient (Wildman–Crippen LogP) is 3.30. The van der Waals surface area contributed by atoms with Crippen molar-refractivity contribution in [3.63, 3.8) is 0 Å². The minimum absolute atomic E-state index is 0.420. The summed E-state index contributed by atoms with van der Waals surface area (Å²) >= 11 is 0. The van der Waals surface area contributed by atoms with E-state index in [1.54, 1.807) is 6.92 Å². The first-order valence-electron chi connectivity index (χ1n) is 6.72. The lowest BCUT2D eigenvalue weighted by atomic mass is 9.62. The van der Waals surface area contributed by atoms with Crippen molar-refractivity contribution < 1.29 is 27.9 Å². The average molecular weight is 316 g/mol. The number of Topliss-reactive ketones (excluding diaryl/α,β-unsaturated/α-hetero) is 1. The van der Waals surface area contributed by atoms with Gasteiger partial charge in [0.05, 0.1) is 0 Å². The van der Waals surface area contributed by atoms with E-state index in [4.69, 9.17) is 0 Å². The van der Waals surface area contributed by atoms with Crippen LogP contribution in [0.25, 0.3) is 0 Å². The van der Waals surface area contributed by atoms with Crippen LogP contribution in [-0.4, -0.2) is 29.0 Å². The van der Waals surface area contributed by atoms with Crippen LogP contribution in [-0.2, 0) is 9.59 Å². The van der Waals surface area contributed by atoms with Gasteiger partial charge in [-0.25, -0.2) is 0 Å². The molecule has 0 heterocycles. The molecule has 22 heavy (non-hydrogen) atoms. The van der Waals surface area contributed by atoms with Crippen LogP contribution in [0.5, 0.6) is 0 Å². The number of aldehydes is 1. The van der Waals surface area contributed by atoms with Crippen molar-refractivity contribution in [1.29, 1.82) is 0 Å². The number of aliphatic hydroxyl groups is 1. The number of allylic oxidation sites excluding steroid dienone is 4. The van der Waals surface area contributed by atoms with Gasteiger partial charge in [-0.05, 0) is 37.1 Å². The Kier molecular flexibility index (Phi) is 4.87. The molecular formula is C16H19F3O3. The third-order valence-corrected chi connectivity index (χ3v) is 4.06. The molecule has 6 heteroatoms. The minimum atomic E-state index is -4.81. The summed E-state index contributed by atoms with van der Waals surface area (Å²) in [5, 5.41) is 10.8. The summed E-state index contributed by atoms with van der Waals surface area (Å²) in [7, 11) is 0. The Bertz CT molecular complexity index is 580. The highest BCUT2D eigenvalue weighted by atomic mass is 19.4. The number of ketones is 1. The second kappa shape index (κ2) is 5.83. The number of rotatable bonds is 3. The van der Waals surface area contributed by atoms with Crippen LogP contribution in [0, 0.1) is 5.41 Å². The molecule has 0 aromatic rings. The van der Waals surface area contributed by atoms with E-state index in [-0.39, 0.29) is 0 Å². The fourth-order valence-electron chi connectivity index (χ4n) is 2.67. The standard InChI is InChI=1S/C16H19F3O3/c1-10(6-8-20)5-7-15(22)11(2)13(16(17,18)19)12(21)9-14(15,3)4/h5-8,22H,9H2,1-4H3. The zero-order valence-electron chi connectivity index (χ0n) is 12.9. The molecule has 122 valence electrons. The number of hydrogen-bond donors (Lipinski definition) is 1. The van der Waals surface area contributed by atoms with E-state index in [0.29, 0.717) is 11.9 Å². The smallest absolute Gasteiger partial charge is 0.381 e. The second-order valence-electron chi connectivity index (χ2n) is 6.13. The van der Waals surface area contributed by atoms with Gasteiger partial charge >= 0.3 is 6.18 Å². The highest BCUT2D eigenvalue weighted by Crippen LogP contribution is 2.49. The zero-order chi connectivity index (χ0) is 17.3. The number of carbonyl (C=O) groups excluding carboxylic acids is 2. The maximum Gasteiger partial charge on any atom is 0.419 e. The first-order chi connectivity index (χ1) is 9.87. The first kappa shape index (κ1) is 18.4. The van der Waals surface area contributed by atoms with Crippen molar-refractivity contribution in [1.82, 2.24) is 0 Å². The van der Waals surface area contributed by atoms with Crippen molar-refractivity contribution >= 4 is 12.1 Å². The lowest BCUT2D eigenvalue weighted by molar-refractivity contribution is -0.138. The summed E-state index contributed by atoms with van der Waals surface area (Å²) in [5.74, 6) is -1.02. The summed E-state index contributed by atoms with van der Waals surface area (Å²) in [6.07, 6.45) is -0.865. The van der Waals surface area contributed by atoms with E-state index in [2.05, 4.69) is 0 Å². The van der Waals surface area contributed by atoms with Gasteiger partial charge in [0.25, 0.3) is 0 Å². The summed E-state index contributed by atoms with van der Waals surface area (Å²) < 4.78 is 39.3. The molecule has 0 aromatic carbocycles. The third kappa shape index (κ3) is 3.21. The fraction of sp³-hybridized carbons (Fsp3) is 0.500. The Labute approximate surface area is 127 Å². The Morgan fingerprint density at radius 2 is 1.86 bits per heavy atom. The van der Waals surface area contributed by atoms with Gasteiger partial charge in [-0.3, -0.25) is 9.59 Å². The SMILES string of the molecule is CC(C=CC1(O)C(C)=C(C(F)(F)F)C(=O)CC1(C)C)=CC=O. The second-order valence-corrected chi connectivity index (χ2v) is 6.13. The van der Waals surface area contributed by atoms with Crippen LogP contribution in [0.4, 0.5) is 13.2 Å². The van der Waals surface area contributed by atoms with Gasteiger partial charge in [-0.1, -0.05) is 19.9 Å². The number of alkyl halides is 3. The van der Waals surface area contributed by atoms with Gasteiger partial charge in [0.2, 0.25) is 0 Å². The van der Waals surface area contributed by atoms with Crippen LogP contribution in [0.2, 0.25) is 0 Å². The molecule has 1 aliphatic carbocycles. The molecule has 0 aliphatic heterocycles. The molecule has 1 atom stereocenters. The lowest BCUT2D eigenvalue weighted by Gasteiger charge is -2.45. The van der Waals surface area contributed by atoms with Gasteiger partial charge in [0.1, 0.15) is 17.5 Å². The molecular weight excluding hydrogens is 297 g/mol. The maximum atomic E-state index is 13.1. The van der Waals surface area contributed by atoms with E-state index >= 15 is 0 Å². The van der Waals surface area contributed by atoms with Gasteiger partial charge < -0.3 is 5.11 Å². The van der Waals surface area contributed by atoms with Crippen molar-refractivity contribution in [2.24, 2.45) is 5.41 Å². The fourth-order valence-corrected chi connectivity index (χ4v) is 2.67. The molecule has 0 saturated heterocycles. The zero-order valence-corrected chi connectivity index (χ0v) is 12.9. The molecule has 0 aromatic heterocycles. The van der Waals surface area contributed by atoms with E-state index in [9.17, 15) is 27.9 Å². The normalized spacial score (nSPS) is 26.7. The predicted molar refractivity (Wildman–Crippen MR) is 76.1 cm³/mol. The van der Waals surface area contributed by atoms with E-state index in [1.165, 1.54) is 32.1 Å². The molecule has 0 amide bonds. The highest BCUT2D eigenvalue weighted by molar-refractivity contribution is 5.99. The summed E-state index contributed by atoms with van der Waals surface area (Å²) in [5.41, 5.74) is -4.25. The molecule has 0 saturated carbocycles. The van der Waals surface area contributed by atoms with Gasteiger partial charge in [0, 0.05) is 11.8 Å². The monoisotopic (exact) mass is 316 g/mol. The van der Waals surface area contributed by atoms with Crippen LogP contribution < -0.4 is 0 Å². The van der Waals surface area contributed by atoms with Gasteiger partial charge in [0.15, 0.2) is 5.78 Å². The minimum Gasteiger partial charge on any atom is -0.381 e. The Morgan fingerprint density at radius 3 is 2.32 bits per heavy atom. The maximum absolute atomic E-state index is 13.1. The topological polar surface area (TPSA) is 54.4 Å². The number of halogens is 3. The van der Waals surface area contributed by atoms with Crippen molar-refractivity contribution in [2.75, 3.05) is 0 Å². The molecule has 1 rings (SSSR count). The van der Waals surface area contributed by atoms with Crippen LogP contribution >= 0.6 is 0 Å². The van der Waals surface area contributed by atoms with E-state index in [0.717, 1.165) is 6.92 Å². The summed E-state index contributed by atoms with van der Waals surface area (Å²) in [6.45, 7) is 5.76. The van der Waals surface area contributed by atoms with Crippen LogP contribution in [0.1, 0.15) is 34.1 Å². The van der Waals surface area contributed by atoms with Gasteiger partial charge in [-0.15, -0.1) is 0 Å². The molecule has 0 bridgehead atoms. The third-order valence-electron chi connectivity index (χ3n) is 4.06. The molecule has 0 radical (unpaired) electrons. The quantitative estimate of drug-likeness (QED) is 0.494. The molecule has 1 unspecified atom stereocenters. The highest BCUT2D eigenvalue weighted by Gasteiger charge is 2.55. The van der Waals surface area contributed by atoms with Crippen LogP contribution in [0.15, 0.2) is 34.9 Å².